The van der Waals surface area contributed by atoms with E-state index in [0.717, 1.165) is 57.5 Å². The van der Waals surface area contributed by atoms with Crippen LogP contribution in [0, 0.1) is 0 Å². The molecule has 2 aliphatic heterocycles. The fourth-order valence-corrected chi connectivity index (χ4v) is 4.42. The second-order valence-corrected chi connectivity index (χ2v) is 8.36. The van der Waals surface area contributed by atoms with Crippen LogP contribution in [-0.2, 0) is 20.1 Å². The first-order valence-electron chi connectivity index (χ1n) is 11.0. The van der Waals surface area contributed by atoms with Crippen LogP contribution >= 0.6 is 0 Å². The van der Waals surface area contributed by atoms with Crippen LogP contribution in [-0.4, -0.2) is 68.7 Å². The van der Waals surface area contributed by atoms with Crippen LogP contribution in [0.1, 0.15) is 37.1 Å². The molecule has 30 heavy (non-hydrogen) atoms. The van der Waals surface area contributed by atoms with Gasteiger partial charge in [-0.05, 0) is 32.0 Å². The smallest absolute Gasteiger partial charge is 0.225 e. The van der Waals surface area contributed by atoms with Gasteiger partial charge in [0.05, 0.1) is 5.69 Å². The number of hydrogen-bond donors (Lipinski definition) is 1. The van der Waals surface area contributed by atoms with Gasteiger partial charge in [0.2, 0.25) is 11.4 Å². The Morgan fingerprint density at radius 2 is 1.53 bits per heavy atom. The minimum absolute atomic E-state index is 0.120. The van der Waals surface area contributed by atoms with Crippen LogP contribution in [0.25, 0.3) is 0 Å². The molecule has 0 radical (unpaired) electrons. The van der Waals surface area contributed by atoms with Gasteiger partial charge in [-0.15, -0.1) is 0 Å². The molecule has 2 fully saturated rings. The molecule has 0 atom stereocenters. The Bertz CT molecular complexity index is 884. The van der Waals surface area contributed by atoms with Crippen molar-refractivity contribution in [2.75, 3.05) is 44.2 Å². The molecule has 4 heterocycles. The van der Waals surface area contributed by atoms with Gasteiger partial charge in [-0.3, -0.25) is 14.6 Å². The first-order chi connectivity index (χ1) is 14.6. The molecule has 8 nitrogen and oxygen atoms in total. The highest BCUT2D eigenvalue weighted by atomic mass is 16.3. The van der Waals surface area contributed by atoms with E-state index >= 15 is 0 Å². The molecule has 0 unspecified atom stereocenters. The lowest BCUT2D eigenvalue weighted by atomic mass is 10.2. The molecule has 162 valence electrons. The number of anilines is 1. The summed E-state index contributed by atoms with van der Waals surface area (Å²) in [6.45, 7) is 6.80. The predicted molar refractivity (Wildman–Crippen MR) is 117 cm³/mol. The molecular weight excluding hydrogens is 380 g/mol. The summed E-state index contributed by atoms with van der Waals surface area (Å²) < 4.78 is 2.02. The molecule has 2 aromatic heterocycles. The van der Waals surface area contributed by atoms with Crippen molar-refractivity contribution in [2.24, 2.45) is 7.05 Å². The van der Waals surface area contributed by atoms with Crippen LogP contribution < -0.4 is 10.3 Å². The molecule has 8 heteroatoms. The number of pyridine rings is 1. The van der Waals surface area contributed by atoms with Crippen LogP contribution in [0.3, 0.4) is 0 Å². The van der Waals surface area contributed by atoms with Crippen molar-refractivity contribution in [3.63, 3.8) is 0 Å². The van der Waals surface area contributed by atoms with Gasteiger partial charge in [0.25, 0.3) is 0 Å². The van der Waals surface area contributed by atoms with E-state index in [1.807, 2.05) is 17.7 Å². The SMILES string of the molecule is Cn1c(CN2CCCCCC2)cc(=O)c(O)c1CN1CCN(c2ncccn2)CC1. The van der Waals surface area contributed by atoms with Crippen molar-refractivity contribution in [1.29, 1.82) is 0 Å². The zero-order chi connectivity index (χ0) is 20.9. The Hall–Kier alpha value is -2.45. The summed E-state index contributed by atoms with van der Waals surface area (Å²) in [6.07, 6.45) is 8.53. The number of piperazine rings is 1. The van der Waals surface area contributed by atoms with E-state index in [1.165, 1.54) is 25.7 Å². The second-order valence-electron chi connectivity index (χ2n) is 8.36. The Morgan fingerprint density at radius 3 is 2.20 bits per heavy atom. The minimum Gasteiger partial charge on any atom is -0.503 e. The zero-order valence-electron chi connectivity index (χ0n) is 17.8. The van der Waals surface area contributed by atoms with E-state index < -0.39 is 0 Å². The zero-order valence-corrected chi connectivity index (χ0v) is 17.8. The maximum absolute atomic E-state index is 12.5. The highest BCUT2D eigenvalue weighted by Crippen LogP contribution is 2.20. The van der Waals surface area contributed by atoms with Crippen molar-refractivity contribution >= 4 is 5.95 Å². The molecule has 0 amide bonds. The summed E-state index contributed by atoms with van der Waals surface area (Å²) in [7, 11) is 1.97. The van der Waals surface area contributed by atoms with Crippen LogP contribution in [0.2, 0.25) is 0 Å². The fourth-order valence-electron chi connectivity index (χ4n) is 4.42. The van der Waals surface area contributed by atoms with Gasteiger partial charge in [0.1, 0.15) is 0 Å². The topological polar surface area (TPSA) is 77.7 Å². The monoisotopic (exact) mass is 412 g/mol. The normalized spacial score (nSPS) is 19.0. The highest BCUT2D eigenvalue weighted by molar-refractivity contribution is 5.31. The molecule has 0 bridgehead atoms. The molecule has 0 aromatic carbocycles. The molecule has 2 aromatic rings. The first-order valence-corrected chi connectivity index (χ1v) is 11.0. The van der Waals surface area contributed by atoms with Crippen molar-refractivity contribution in [3.8, 4) is 5.75 Å². The van der Waals surface area contributed by atoms with Gasteiger partial charge in [-0.25, -0.2) is 9.97 Å². The number of hydrogen-bond acceptors (Lipinski definition) is 7. The molecule has 4 rings (SSSR count). The van der Waals surface area contributed by atoms with Crippen molar-refractivity contribution < 1.29 is 5.11 Å². The highest BCUT2D eigenvalue weighted by Gasteiger charge is 2.22. The van der Waals surface area contributed by atoms with Crippen LogP contribution in [0.5, 0.6) is 5.75 Å². The lowest BCUT2D eigenvalue weighted by Gasteiger charge is -2.35. The molecule has 0 aliphatic carbocycles. The summed E-state index contributed by atoms with van der Waals surface area (Å²) in [6, 6.07) is 3.43. The lowest BCUT2D eigenvalue weighted by molar-refractivity contribution is 0.235. The molecule has 0 saturated carbocycles. The lowest BCUT2D eigenvalue weighted by Crippen LogP contribution is -2.47. The van der Waals surface area contributed by atoms with E-state index in [1.54, 1.807) is 18.5 Å². The average Bonchev–Trinajstić information content (AvgIpc) is 3.05. The Labute approximate surface area is 177 Å². The summed E-state index contributed by atoms with van der Waals surface area (Å²) >= 11 is 0. The van der Waals surface area contributed by atoms with Crippen molar-refractivity contribution in [2.45, 2.75) is 38.8 Å². The third-order valence-electron chi connectivity index (χ3n) is 6.31. The summed E-state index contributed by atoms with van der Waals surface area (Å²) in [5.74, 6) is 0.637. The largest absolute Gasteiger partial charge is 0.503 e. The predicted octanol–water partition coefficient (Wildman–Crippen LogP) is 1.58. The Morgan fingerprint density at radius 1 is 0.900 bits per heavy atom. The standard InChI is InChI=1S/C22H32N6O2/c1-25-18(16-26-9-4-2-3-5-10-26)15-20(29)21(30)19(25)17-27-11-13-28(14-12-27)22-23-7-6-8-24-22/h6-8,15,30H,2-5,9-14,16-17H2,1H3. The molecular formula is C22H32N6O2. The van der Waals surface area contributed by atoms with Gasteiger partial charge in [0, 0.05) is 70.5 Å². The molecule has 1 N–H and O–H groups in total. The number of rotatable bonds is 5. The van der Waals surface area contributed by atoms with E-state index in [2.05, 4.69) is 24.7 Å². The second kappa shape index (κ2) is 9.57. The Kier molecular flexibility index (Phi) is 6.64. The van der Waals surface area contributed by atoms with Crippen molar-refractivity contribution in [3.05, 3.63) is 46.1 Å². The summed E-state index contributed by atoms with van der Waals surface area (Å²) in [5, 5.41) is 10.5. The van der Waals surface area contributed by atoms with Gasteiger partial charge in [-0.2, -0.15) is 0 Å². The maximum Gasteiger partial charge on any atom is 0.225 e. The summed E-state index contributed by atoms with van der Waals surface area (Å²) in [5.41, 5.74) is 1.41. The summed E-state index contributed by atoms with van der Waals surface area (Å²) in [4.78, 5) is 28.0. The molecule has 2 aliphatic rings. The quantitative estimate of drug-likeness (QED) is 0.799. The maximum atomic E-state index is 12.5. The van der Waals surface area contributed by atoms with E-state index in [-0.39, 0.29) is 11.2 Å². The Balaban J connectivity index is 1.45. The number of likely N-dealkylation sites (tertiary alicyclic amines) is 1. The minimum atomic E-state index is -0.274. The fraction of sp³-hybridized carbons (Fsp3) is 0.591. The van der Waals surface area contributed by atoms with Gasteiger partial charge in [-0.1, -0.05) is 12.8 Å². The first kappa shape index (κ1) is 20.8. The van der Waals surface area contributed by atoms with Gasteiger partial charge in [0.15, 0.2) is 5.75 Å². The van der Waals surface area contributed by atoms with E-state index in [4.69, 9.17) is 0 Å². The van der Waals surface area contributed by atoms with Crippen molar-refractivity contribution in [1.82, 2.24) is 24.3 Å². The molecule has 0 spiro atoms. The number of aromatic nitrogens is 3. The van der Waals surface area contributed by atoms with E-state index in [0.29, 0.717) is 12.2 Å². The van der Waals surface area contributed by atoms with Gasteiger partial charge < -0.3 is 14.6 Å². The van der Waals surface area contributed by atoms with Crippen LogP contribution in [0.4, 0.5) is 5.95 Å². The van der Waals surface area contributed by atoms with Gasteiger partial charge >= 0.3 is 0 Å². The number of nitrogens with zero attached hydrogens (tertiary/aromatic N) is 6. The third kappa shape index (κ3) is 4.82. The third-order valence-corrected chi connectivity index (χ3v) is 6.31. The average molecular weight is 413 g/mol. The number of aromatic hydroxyl groups is 1. The van der Waals surface area contributed by atoms with Crippen LogP contribution in [0.15, 0.2) is 29.3 Å². The molecule has 2 saturated heterocycles. The van der Waals surface area contributed by atoms with E-state index in [9.17, 15) is 9.90 Å².